The molecule has 1 unspecified atom stereocenters. The number of aromatic nitrogens is 3. The third kappa shape index (κ3) is 2.18. The first-order valence-corrected chi connectivity index (χ1v) is 6.32. The first-order valence-electron chi connectivity index (χ1n) is 4.92. The van der Waals surface area contributed by atoms with Gasteiger partial charge in [0.05, 0.1) is 6.54 Å². The highest BCUT2D eigenvalue weighted by Crippen LogP contribution is 2.30. The Morgan fingerprint density at radius 1 is 1.65 bits per heavy atom. The molecule has 0 aromatic carbocycles. The molecule has 0 radical (unpaired) electrons. The molecule has 0 bridgehead atoms. The lowest BCUT2D eigenvalue weighted by Crippen LogP contribution is -2.08. The zero-order chi connectivity index (χ0) is 12.4. The number of hydrogen-bond acceptors (Lipinski definition) is 6. The number of rotatable bonds is 4. The average Bonchev–Trinajstić information content (AvgIpc) is 2.96. The number of imidazole rings is 1. The normalized spacial score (nSPS) is 12.6. The lowest BCUT2D eigenvalue weighted by atomic mass is 10.4. The van der Waals surface area contributed by atoms with Crippen molar-refractivity contribution in [2.75, 3.05) is 0 Å². The average molecular weight is 270 g/mol. The fourth-order valence-corrected chi connectivity index (χ4v) is 2.62. The molecule has 0 aliphatic heterocycles. The molecule has 1 atom stereocenters. The molecule has 0 aliphatic rings. The lowest BCUT2D eigenvalue weighted by Gasteiger charge is -2.06. The van der Waals surface area contributed by atoms with Crippen molar-refractivity contribution in [1.29, 1.82) is 0 Å². The molecular formula is C9H10N4O2S2. The lowest BCUT2D eigenvalue weighted by molar-refractivity contribution is -0.392. The van der Waals surface area contributed by atoms with Crippen LogP contribution in [0.15, 0.2) is 17.8 Å². The molecule has 2 rings (SSSR count). The summed E-state index contributed by atoms with van der Waals surface area (Å²) < 4.78 is 1.54. The summed E-state index contributed by atoms with van der Waals surface area (Å²) in [4.78, 5) is 18.6. The second kappa shape index (κ2) is 4.84. The second-order valence-corrected chi connectivity index (χ2v) is 4.69. The molecule has 90 valence electrons. The summed E-state index contributed by atoms with van der Waals surface area (Å²) in [5.74, 6) is 0.538. The van der Waals surface area contributed by atoms with Crippen molar-refractivity contribution in [2.45, 2.75) is 18.7 Å². The van der Waals surface area contributed by atoms with Gasteiger partial charge in [-0.15, -0.1) is 11.3 Å². The van der Waals surface area contributed by atoms with E-state index in [1.54, 1.807) is 10.8 Å². The SMILES string of the molecule is CCn1c([N+](=O)[O-])cnc1C(S)c1nccs1. The molecule has 0 saturated heterocycles. The Balaban J connectivity index is 2.42. The predicted octanol–water partition coefficient (Wildman–Crippen LogP) is 2.29. The summed E-state index contributed by atoms with van der Waals surface area (Å²) in [7, 11) is 0. The van der Waals surface area contributed by atoms with E-state index >= 15 is 0 Å². The van der Waals surface area contributed by atoms with Crippen LogP contribution >= 0.6 is 24.0 Å². The molecule has 0 fully saturated rings. The van der Waals surface area contributed by atoms with E-state index in [9.17, 15) is 10.1 Å². The maximum absolute atomic E-state index is 10.8. The molecule has 2 heterocycles. The van der Waals surface area contributed by atoms with Crippen molar-refractivity contribution >= 4 is 29.8 Å². The van der Waals surface area contributed by atoms with Crippen LogP contribution in [0, 0.1) is 10.1 Å². The van der Waals surface area contributed by atoms with Gasteiger partial charge in [0.25, 0.3) is 0 Å². The van der Waals surface area contributed by atoms with E-state index in [1.807, 2.05) is 12.3 Å². The maximum atomic E-state index is 10.8. The third-order valence-corrected chi connectivity index (χ3v) is 3.79. The second-order valence-electron chi connectivity index (χ2n) is 3.25. The van der Waals surface area contributed by atoms with E-state index in [0.717, 1.165) is 5.01 Å². The van der Waals surface area contributed by atoms with Crippen LogP contribution in [0.25, 0.3) is 0 Å². The predicted molar refractivity (Wildman–Crippen MR) is 67.5 cm³/mol. The Morgan fingerprint density at radius 3 is 2.94 bits per heavy atom. The smallest absolute Gasteiger partial charge is 0.342 e. The summed E-state index contributed by atoms with van der Waals surface area (Å²) in [5.41, 5.74) is 0. The van der Waals surface area contributed by atoms with Crippen LogP contribution in [0.3, 0.4) is 0 Å². The van der Waals surface area contributed by atoms with Crippen LogP contribution < -0.4 is 0 Å². The summed E-state index contributed by atoms with van der Waals surface area (Å²) in [6.07, 6.45) is 2.94. The quantitative estimate of drug-likeness (QED) is 0.525. The van der Waals surface area contributed by atoms with Crippen LogP contribution in [-0.4, -0.2) is 19.5 Å². The molecule has 0 amide bonds. The minimum Gasteiger partial charge on any atom is -0.358 e. The van der Waals surface area contributed by atoms with Gasteiger partial charge in [-0.05, 0) is 11.8 Å². The maximum Gasteiger partial charge on any atom is 0.342 e. The number of nitro groups is 1. The van der Waals surface area contributed by atoms with Gasteiger partial charge in [-0.1, -0.05) is 0 Å². The number of hydrogen-bond donors (Lipinski definition) is 1. The molecule has 8 heteroatoms. The molecule has 2 aromatic heterocycles. The van der Waals surface area contributed by atoms with Crippen molar-refractivity contribution in [2.24, 2.45) is 0 Å². The van der Waals surface area contributed by atoms with Gasteiger partial charge in [0, 0.05) is 11.6 Å². The van der Waals surface area contributed by atoms with E-state index < -0.39 is 4.92 Å². The van der Waals surface area contributed by atoms with Crippen molar-refractivity contribution in [3.63, 3.8) is 0 Å². The number of thiol groups is 1. The Morgan fingerprint density at radius 2 is 2.41 bits per heavy atom. The molecule has 6 nitrogen and oxygen atoms in total. The summed E-state index contributed by atoms with van der Waals surface area (Å²) in [5, 5.41) is 13.1. The molecule has 0 aliphatic carbocycles. The van der Waals surface area contributed by atoms with Gasteiger partial charge in [-0.2, -0.15) is 12.6 Å². The van der Waals surface area contributed by atoms with E-state index in [2.05, 4.69) is 22.6 Å². The van der Waals surface area contributed by atoms with Crippen LogP contribution in [0.4, 0.5) is 5.82 Å². The molecule has 0 N–H and O–H groups in total. The third-order valence-electron chi connectivity index (χ3n) is 2.30. The minimum absolute atomic E-state index is 0.0156. The summed E-state index contributed by atoms with van der Waals surface area (Å²) in [6, 6.07) is 0. The van der Waals surface area contributed by atoms with Crippen LogP contribution in [0.2, 0.25) is 0 Å². The fourth-order valence-electron chi connectivity index (χ4n) is 1.55. The van der Waals surface area contributed by atoms with E-state index in [1.165, 1.54) is 17.5 Å². The van der Waals surface area contributed by atoms with E-state index in [-0.39, 0.29) is 11.1 Å². The first-order chi connectivity index (χ1) is 8.15. The van der Waals surface area contributed by atoms with Gasteiger partial charge in [0.1, 0.15) is 16.5 Å². The molecule has 0 saturated carbocycles. The Hall–Kier alpha value is -1.41. The van der Waals surface area contributed by atoms with Gasteiger partial charge in [-0.3, -0.25) is 0 Å². The Labute approximate surface area is 107 Å². The van der Waals surface area contributed by atoms with Gasteiger partial charge < -0.3 is 10.1 Å². The summed E-state index contributed by atoms with van der Waals surface area (Å²) in [6.45, 7) is 2.31. The standard InChI is InChI=1S/C9H10N4O2S2/c1-2-12-6(13(14)15)5-11-8(12)7(16)9-10-3-4-17-9/h3-5,7,16H,2H2,1H3. The highest BCUT2D eigenvalue weighted by Gasteiger charge is 2.26. The minimum atomic E-state index is -0.442. The molecule has 2 aromatic rings. The fraction of sp³-hybridized carbons (Fsp3) is 0.333. The highest BCUT2D eigenvalue weighted by molar-refractivity contribution is 7.80. The molecular weight excluding hydrogens is 260 g/mol. The zero-order valence-corrected chi connectivity index (χ0v) is 10.7. The van der Waals surface area contributed by atoms with E-state index in [4.69, 9.17) is 0 Å². The van der Waals surface area contributed by atoms with Gasteiger partial charge >= 0.3 is 5.82 Å². The van der Waals surface area contributed by atoms with Crippen LogP contribution in [0.1, 0.15) is 23.0 Å². The zero-order valence-electron chi connectivity index (χ0n) is 8.98. The number of thiazole rings is 1. The molecule has 17 heavy (non-hydrogen) atoms. The summed E-state index contributed by atoms with van der Waals surface area (Å²) >= 11 is 5.87. The monoisotopic (exact) mass is 270 g/mol. The Bertz CT molecular complexity index is 523. The van der Waals surface area contributed by atoms with Gasteiger partial charge in [0.2, 0.25) is 5.82 Å². The van der Waals surface area contributed by atoms with Crippen molar-refractivity contribution < 1.29 is 4.92 Å². The number of nitrogens with zero attached hydrogens (tertiary/aromatic N) is 4. The van der Waals surface area contributed by atoms with Gasteiger partial charge in [0.15, 0.2) is 0 Å². The van der Waals surface area contributed by atoms with E-state index in [0.29, 0.717) is 12.4 Å². The van der Waals surface area contributed by atoms with Gasteiger partial charge in [-0.25, -0.2) is 14.5 Å². The van der Waals surface area contributed by atoms with Crippen LogP contribution in [0.5, 0.6) is 0 Å². The topological polar surface area (TPSA) is 73.8 Å². The van der Waals surface area contributed by atoms with Crippen LogP contribution in [-0.2, 0) is 6.54 Å². The van der Waals surface area contributed by atoms with Crippen molar-refractivity contribution in [1.82, 2.24) is 14.5 Å². The largest absolute Gasteiger partial charge is 0.358 e. The molecule has 0 spiro atoms. The van der Waals surface area contributed by atoms with Crippen molar-refractivity contribution in [3.05, 3.63) is 38.7 Å². The Kier molecular flexibility index (Phi) is 3.43. The van der Waals surface area contributed by atoms with Crippen molar-refractivity contribution in [3.8, 4) is 0 Å². The first kappa shape index (κ1) is 12.1. The highest BCUT2D eigenvalue weighted by atomic mass is 32.1.